The molecule has 0 bridgehead atoms. The van der Waals surface area contributed by atoms with E-state index in [4.69, 9.17) is 4.42 Å². The maximum absolute atomic E-state index is 5.52. The van der Waals surface area contributed by atoms with E-state index in [1.165, 1.54) is 42.2 Å². The molecular weight excluding hydrogens is 160 g/mol. The van der Waals surface area contributed by atoms with Crippen LogP contribution in [-0.2, 0) is 12.8 Å². The average molecular weight is 172 g/mol. The van der Waals surface area contributed by atoms with Crippen molar-refractivity contribution in [1.29, 1.82) is 0 Å². The first-order valence-corrected chi connectivity index (χ1v) is 4.93. The fourth-order valence-corrected chi connectivity index (χ4v) is 2.26. The molecule has 0 amide bonds. The molecule has 0 fully saturated rings. The zero-order chi connectivity index (χ0) is 8.67. The highest BCUT2D eigenvalue weighted by Gasteiger charge is 2.12. The monoisotopic (exact) mass is 172 g/mol. The van der Waals surface area contributed by atoms with Crippen LogP contribution in [0.15, 0.2) is 28.9 Å². The number of rotatable bonds is 0. The maximum atomic E-state index is 5.52. The Balaban J connectivity index is 2.40. The highest BCUT2D eigenvalue weighted by molar-refractivity contribution is 5.84. The minimum Gasteiger partial charge on any atom is -0.464 e. The van der Waals surface area contributed by atoms with Crippen molar-refractivity contribution >= 4 is 11.0 Å². The maximum Gasteiger partial charge on any atom is 0.134 e. The third-order valence-electron chi connectivity index (χ3n) is 2.90. The predicted molar refractivity (Wildman–Crippen MR) is 52.9 cm³/mol. The molecule has 1 aliphatic rings. The molecule has 0 radical (unpaired) electrons. The first-order chi connectivity index (χ1) is 6.45. The number of hydrogen-bond donors (Lipinski definition) is 0. The summed E-state index contributed by atoms with van der Waals surface area (Å²) in [4.78, 5) is 0. The Labute approximate surface area is 77.4 Å². The molecule has 1 aliphatic carbocycles. The van der Waals surface area contributed by atoms with E-state index in [-0.39, 0.29) is 0 Å². The third-order valence-corrected chi connectivity index (χ3v) is 2.90. The fraction of sp³-hybridized carbons (Fsp3) is 0.333. The Hall–Kier alpha value is -1.24. The lowest BCUT2D eigenvalue weighted by Gasteiger charge is -1.98. The molecule has 3 rings (SSSR count). The molecule has 0 atom stereocenters. The summed E-state index contributed by atoms with van der Waals surface area (Å²) in [5, 5.41) is 1.39. The first-order valence-electron chi connectivity index (χ1n) is 4.93. The lowest BCUT2D eigenvalue weighted by Crippen LogP contribution is -1.82. The van der Waals surface area contributed by atoms with Crippen LogP contribution in [0.5, 0.6) is 0 Å². The van der Waals surface area contributed by atoms with Crippen molar-refractivity contribution in [2.75, 3.05) is 0 Å². The number of aryl methyl sites for hydroxylation is 2. The molecule has 0 unspecified atom stereocenters. The molecule has 2 aromatic rings. The van der Waals surface area contributed by atoms with Crippen LogP contribution in [0.25, 0.3) is 11.0 Å². The summed E-state index contributed by atoms with van der Waals surface area (Å²) in [7, 11) is 0. The van der Waals surface area contributed by atoms with Crippen LogP contribution in [-0.4, -0.2) is 0 Å². The molecule has 1 nitrogen and oxygen atoms in total. The summed E-state index contributed by atoms with van der Waals surface area (Å²) >= 11 is 0. The SMILES string of the molecule is c1cc2c3c(coc3c1)CCCC2. The largest absolute Gasteiger partial charge is 0.464 e. The van der Waals surface area contributed by atoms with Gasteiger partial charge in [0.1, 0.15) is 5.58 Å². The van der Waals surface area contributed by atoms with Crippen LogP contribution in [0, 0.1) is 0 Å². The van der Waals surface area contributed by atoms with Gasteiger partial charge in [-0.15, -0.1) is 0 Å². The molecule has 0 saturated heterocycles. The molecule has 0 aliphatic heterocycles. The Morgan fingerprint density at radius 1 is 1.00 bits per heavy atom. The zero-order valence-corrected chi connectivity index (χ0v) is 7.55. The summed E-state index contributed by atoms with van der Waals surface area (Å²) in [6.45, 7) is 0. The average Bonchev–Trinajstić information content (AvgIpc) is 2.44. The molecule has 0 spiro atoms. The normalized spacial score (nSPS) is 16.0. The molecule has 0 N–H and O–H groups in total. The lowest BCUT2D eigenvalue weighted by molar-refractivity contribution is 0.606. The van der Waals surface area contributed by atoms with Gasteiger partial charge in [0.2, 0.25) is 0 Å². The van der Waals surface area contributed by atoms with Crippen molar-refractivity contribution in [3.8, 4) is 0 Å². The van der Waals surface area contributed by atoms with E-state index < -0.39 is 0 Å². The van der Waals surface area contributed by atoms with E-state index in [0.717, 1.165) is 5.58 Å². The van der Waals surface area contributed by atoms with Crippen LogP contribution in [0.4, 0.5) is 0 Å². The summed E-state index contributed by atoms with van der Waals surface area (Å²) in [5.74, 6) is 0. The van der Waals surface area contributed by atoms with Gasteiger partial charge in [-0.3, -0.25) is 0 Å². The second kappa shape index (κ2) is 2.63. The van der Waals surface area contributed by atoms with Crippen molar-refractivity contribution in [3.63, 3.8) is 0 Å². The Bertz CT molecular complexity index is 439. The summed E-state index contributed by atoms with van der Waals surface area (Å²) < 4.78 is 5.52. The van der Waals surface area contributed by atoms with E-state index in [1.807, 2.05) is 6.26 Å². The first kappa shape index (κ1) is 7.19. The minimum absolute atomic E-state index is 1.06. The molecule has 1 heterocycles. The highest BCUT2D eigenvalue weighted by atomic mass is 16.3. The van der Waals surface area contributed by atoms with Crippen LogP contribution >= 0.6 is 0 Å². The molecule has 13 heavy (non-hydrogen) atoms. The Morgan fingerprint density at radius 2 is 1.85 bits per heavy atom. The van der Waals surface area contributed by atoms with Gasteiger partial charge in [-0.2, -0.15) is 0 Å². The van der Waals surface area contributed by atoms with Crippen molar-refractivity contribution in [1.82, 2.24) is 0 Å². The van der Waals surface area contributed by atoms with Gasteiger partial charge < -0.3 is 4.42 Å². The molecule has 1 aromatic carbocycles. The highest BCUT2D eigenvalue weighted by Crippen LogP contribution is 2.29. The van der Waals surface area contributed by atoms with Crippen LogP contribution in [0.2, 0.25) is 0 Å². The summed E-state index contributed by atoms with van der Waals surface area (Å²) in [6, 6.07) is 6.39. The molecule has 1 aromatic heterocycles. The van der Waals surface area contributed by atoms with Gasteiger partial charge in [-0.05, 0) is 42.9 Å². The summed E-state index contributed by atoms with van der Waals surface area (Å²) in [5.41, 5.74) is 3.94. The van der Waals surface area contributed by atoms with Crippen molar-refractivity contribution in [2.24, 2.45) is 0 Å². The van der Waals surface area contributed by atoms with E-state index in [0.29, 0.717) is 0 Å². The number of hydrogen-bond acceptors (Lipinski definition) is 1. The minimum atomic E-state index is 1.06. The van der Waals surface area contributed by atoms with Crippen molar-refractivity contribution in [2.45, 2.75) is 25.7 Å². The van der Waals surface area contributed by atoms with Crippen molar-refractivity contribution < 1.29 is 4.42 Å². The second-order valence-electron chi connectivity index (χ2n) is 3.76. The van der Waals surface area contributed by atoms with E-state index in [1.54, 1.807) is 0 Å². The van der Waals surface area contributed by atoms with Gasteiger partial charge in [0.15, 0.2) is 0 Å². The standard InChI is InChI=1S/C12H12O/c1-2-5-10-8-13-11-7-3-6-9(4-1)12(10)11/h3,6-8H,1-2,4-5H2. The van der Waals surface area contributed by atoms with Crippen LogP contribution < -0.4 is 0 Å². The van der Waals surface area contributed by atoms with Gasteiger partial charge in [-0.1, -0.05) is 12.1 Å². The molecule has 0 saturated carbocycles. The predicted octanol–water partition coefficient (Wildman–Crippen LogP) is 3.31. The molecule has 66 valence electrons. The lowest BCUT2D eigenvalue weighted by atomic mass is 10.1. The second-order valence-corrected chi connectivity index (χ2v) is 3.76. The van der Waals surface area contributed by atoms with Gasteiger partial charge in [-0.25, -0.2) is 0 Å². The fourth-order valence-electron chi connectivity index (χ4n) is 2.26. The zero-order valence-electron chi connectivity index (χ0n) is 7.55. The topological polar surface area (TPSA) is 13.1 Å². The van der Waals surface area contributed by atoms with Crippen LogP contribution in [0.1, 0.15) is 24.0 Å². The van der Waals surface area contributed by atoms with Gasteiger partial charge in [0.05, 0.1) is 6.26 Å². The van der Waals surface area contributed by atoms with Gasteiger partial charge in [0, 0.05) is 5.39 Å². The number of benzene rings is 1. The smallest absolute Gasteiger partial charge is 0.134 e. The Kier molecular flexibility index (Phi) is 1.45. The third kappa shape index (κ3) is 0.998. The molecular formula is C12H12O. The van der Waals surface area contributed by atoms with Crippen LogP contribution in [0.3, 0.4) is 0 Å². The summed E-state index contributed by atoms with van der Waals surface area (Å²) in [6.07, 6.45) is 6.94. The van der Waals surface area contributed by atoms with Gasteiger partial charge in [0.25, 0.3) is 0 Å². The van der Waals surface area contributed by atoms with E-state index >= 15 is 0 Å². The quantitative estimate of drug-likeness (QED) is 0.594. The van der Waals surface area contributed by atoms with E-state index in [2.05, 4.69) is 18.2 Å². The number of furan rings is 1. The van der Waals surface area contributed by atoms with Crippen molar-refractivity contribution in [3.05, 3.63) is 35.6 Å². The van der Waals surface area contributed by atoms with Gasteiger partial charge >= 0.3 is 0 Å². The Morgan fingerprint density at radius 3 is 2.77 bits per heavy atom. The van der Waals surface area contributed by atoms with E-state index in [9.17, 15) is 0 Å². The molecule has 1 heteroatoms.